The molecule has 1 aromatic carbocycles. The predicted octanol–water partition coefficient (Wildman–Crippen LogP) is 1.96. The number of rotatable bonds is 5. The number of carbonyl (C=O) groups excluding carboxylic acids is 3. The van der Waals surface area contributed by atoms with Crippen LogP contribution < -0.4 is 4.90 Å². The molecule has 0 unspecified atom stereocenters. The molecule has 1 saturated heterocycles. The Morgan fingerprint density at radius 2 is 1.69 bits per heavy atom. The lowest BCUT2D eigenvalue weighted by atomic mass is 10.1. The fourth-order valence-electron chi connectivity index (χ4n) is 3.62. The highest BCUT2D eigenvalue weighted by Crippen LogP contribution is 2.26. The largest absolute Gasteiger partial charge is 0.339 e. The molecular formula is C20H20BrN5O3. The monoisotopic (exact) mass is 457 g/mol. The van der Waals surface area contributed by atoms with Crippen molar-refractivity contribution in [3.63, 3.8) is 0 Å². The first-order chi connectivity index (χ1) is 14.0. The van der Waals surface area contributed by atoms with Gasteiger partial charge >= 0.3 is 0 Å². The fraction of sp³-hybridized carbons (Fsp3) is 0.350. The molecule has 9 heteroatoms. The molecule has 0 atom stereocenters. The maximum Gasteiger partial charge on any atom is 0.261 e. The predicted molar refractivity (Wildman–Crippen MR) is 110 cm³/mol. The van der Waals surface area contributed by atoms with Gasteiger partial charge in [-0.1, -0.05) is 15.9 Å². The van der Waals surface area contributed by atoms with E-state index in [1.165, 1.54) is 4.90 Å². The zero-order chi connectivity index (χ0) is 20.4. The summed E-state index contributed by atoms with van der Waals surface area (Å²) >= 11 is 3.32. The third-order valence-corrected chi connectivity index (χ3v) is 5.67. The van der Waals surface area contributed by atoms with Gasteiger partial charge in [-0.15, -0.1) is 0 Å². The minimum absolute atomic E-state index is 0.0398. The lowest BCUT2D eigenvalue weighted by Gasteiger charge is -2.34. The zero-order valence-electron chi connectivity index (χ0n) is 15.8. The molecule has 2 aromatic rings. The summed E-state index contributed by atoms with van der Waals surface area (Å²) in [5, 5.41) is 0. The third kappa shape index (κ3) is 4.00. The van der Waals surface area contributed by atoms with E-state index < -0.39 is 0 Å². The van der Waals surface area contributed by atoms with Crippen LogP contribution in [0.15, 0.2) is 41.1 Å². The van der Waals surface area contributed by atoms with E-state index in [9.17, 15) is 14.4 Å². The summed E-state index contributed by atoms with van der Waals surface area (Å²) in [4.78, 5) is 51.0. The second-order valence-electron chi connectivity index (χ2n) is 6.97. The first-order valence-electron chi connectivity index (χ1n) is 9.50. The first kappa shape index (κ1) is 19.5. The molecule has 8 nitrogen and oxygen atoms in total. The summed E-state index contributed by atoms with van der Waals surface area (Å²) in [5.74, 6) is 0.131. The summed E-state index contributed by atoms with van der Waals surface area (Å²) in [5.41, 5.74) is 0.832. The number of nitrogens with zero attached hydrogens (tertiary/aromatic N) is 5. The van der Waals surface area contributed by atoms with Crippen LogP contribution in [0, 0.1) is 0 Å². The second-order valence-corrected chi connectivity index (χ2v) is 7.89. The molecule has 150 valence electrons. The first-order valence-corrected chi connectivity index (χ1v) is 10.3. The van der Waals surface area contributed by atoms with Crippen LogP contribution in [0.1, 0.15) is 33.6 Å². The van der Waals surface area contributed by atoms with Gasteiger partial charge in [0.1, 0.15) is 0 Å². The van der Waals surface area contributed by atoms with Crippen molar-refractivity contribution >= 4 is 39.6 Å². The van der Waals surface area contributed by atoms with Crippen molar-refractivity contribution < 1.29 is 14.4 Å². The number of hydrogen-bond acceptors (Lipinski definition) is 6. The van der Waals surface area contributed by atoms with Crippen LogP contribution in [0.3, 0.4) is 0 Å². The van der Waals surface area contributed by atoms with Crippen LogP contribution >= 0.6 is 15.9 Å². The van der Waals surface area contributed by atoms with Gasteiger partial charge < -0.3 is 9.80 Å². The van der Waals surface area contributed by atoms with Crippen LogP contribution in [-0.4, -0.2) is 70.2 Å². The van der Waals surface area contributed by atoms with Crippen LogP contribution in [0.2, 0.25) is 0 Å². The van der Waals surface area contributed by atoms with E-state index in [2.05, 4.69) is 30.8 Å². The smallest absolute Gasteiger partial charge is 0.261 e. The van der Waals surface area contributed by atoms with Gasteiger partial charge in [0.15, 0.2) is 0 Å². The molecular weight excluding hydrogens is 438 g/mol. The molecule has 2 aliphatic heterocycles. The minimum Gasteiger partial charge on any atom is -0.339 e. The van der Waals surface area contributed by atoms with E-state index in [1.807, 2.05) is 4.90 Å². The molecule has 2 aliphatic rings. The van der Waals surface area contributed by atoms with Gasteiger partial charge in [0, 0.05) is 56.0 Å². The number of halogens is 1. The van der Waals surface area contributed by atoms with Crippen molar-refractivity contribution in [2.24, 2.45) is 0 Å². The average molecular weight is 458 g/mol. The molecule has 0 spiro atoms. The maximum absolute atomic E-state index is 12.5. The number of aromatic nitrogens is 2. The van der Waals surface area contributed by atoms with Gasteiger partial charge in [-0.2, -0.15) is 0 Å². The third-order valence-electron chi connectivity index (χ3n) is 5.17. The number of imide groups is 1. The molecule has 1 aromatic heterocycles. The maximum atomic E-state index is 12.5. The van der Waals surface area contributed by atoms with Crippen molar-refractivity contribution in [3.8, 4) is 0 Å². The highest BCUT2D eigenvalue weighted by Gasteiger charge is 2.35. The number of benzene rings is 1. The molecule has 4 rings (SSSR count). The van der Waals surface area contributed by atoms with Crippen LogP contribution in [-0.2, 0) is 4.79 Å². The molecule has 1 fully saturated rings. The van der Waals surface area contributed by atoms with Gasteiger partial charge in [0.05, 0.1) is 11.1 Å². The van der Waals surface area contributed by atoms with Crippen molar-refractivity contribution in [1.29, 1.82) is 0 Å². The number of anilines is 1. The van der Waals surface area contributed by atoms with E-state index in [0.717, 1.165) is 4.47 Å². The standard InChI is InChI=1S/C20H20BrN5O3/c21-14-4-5-15-16(13-14)19(29)26(18(15)28)8-1-3-17(27)24-9-11-25(12-10-24)20-22-6-2-7-23-20/h2,4-7,13H,1,3,8-12H2. The zero-order valence-corrected chi connectivity index (χ0v) is 17.3. The molecule has 0 bridgehead atoms. The normalized spacial score (nSPS) is 16.4. The van der Waals surface area contributed by atoms with Crippen molar-refractivity contribution in [2.75, 3.05) is 37.6 Å². The summed E-state index contributed by atoms with van der Waals surface area (Å²) in [6, 6.07) is 6.84. The minimum atomic E-state index is -0.296. The van der Waals surface area contributed by atoms with E-state index in [-0.39, 0.29) is 24.3 Å². The lowest BCUT2D eigenvalue weighted by Crippen LogP contribution is -2.49. The Labute approximate surface area is 176 Å². The van der Waals surface area contributed by atoms with Gasteiger partial charge in [-0.05, 0) is 30.7 Å². The molecule has 3 heterocycles. The highest BCUT2D eigenvalue weighted by atomic mass is 79.9. The second kappa shape index (κ2) is 8.28. The molecule has 29 heavy (non-hydrogen) atoms. The van der Waals surface area contributed by atoms with Crippen LogP contribution in [0.4, 0.5) is 5.95 Å². The van der Waals surface area contributed by atoms with E-state index in [0.29, 0.717) is 56.1 Å². The van der Waals surface area contributed by atoms with Crippen LogP contribution in [0.5, 0.6) is 0 Å². The van der Waals surface area contributed by atoms with Crippen molar-refractivity contribution in [3.05, 3.63) is 52.3 Å². The molecule has 0 aliphatic carbocycles. The number of hydrogen-bond donors (Lipinski definition) is 0. The molecule has 0 N–H and O–H groups in total. The Morgan fingerprint density at radius 3 is 2.41 bits per heavy atom. The SMILES string of the molecule is O=C(CCCN1C(=O)c2ccc(Br)cc2C1=O)N1CCN(c2ncccn2)CC1. The fourth-order valence-corrected chi connectivity index (χ4v) is 3.98. The Bertz CT molecular complexity index is 944. The van der Waals surface area contributed by atoms with Gasteiger partial charge in [-0.3, -0.25) is 19.3 Å². The molecule has 0 saturated carbocycles. The van der Waals surface area contributed by atoms with E-state index in [4.69, 9.17) is 0 Å². The van der Waals surface area contributed by atoms with E-state index in [1.54, 1.807) is 36.7 Å². The van der Waals surface area contributed by atoms with Gasteiger partial charge in [0.25, 0.3) is 11.8 Å². The Morgan fingerprint density at radius 1 is 1.00 bits per heavy atom. The Hall–Kier alpha value is -2.81. The average Bonchev–Trinajstić information content (AvgIpc) is 2.98. The van der Waals surface area contributed by atoms with Gasteiger partial charge in [0.2, 0.25) is 11.9 Å². The van der Waals surface area contributed by atoms with Gasteiger partial charge in [-0.25, -0.2) is 9.97 Å². The summed E-state index contributed by atoms with van der Waals surface area (Å²) in [6.07, 6.45) is 4.17. The summed E-state index contributed by atoms with van der Waals surface area (Å²) < 4.78 is 0.759. The summed E-state index contributed by atoms with van der Waals surface area (Å²) in [6.45, 7) is 2.83. The number of amides is 3. The Kier molecular flexibility index (Phi) is 5.57. The number of fused-ring (bicyclic) bond motifs is 1. The topological polar surface area (TPSA) is 86.7 Å². The number of carbonyl (C=O) groups is 3. The van der Waals surface area contributed by atoms with Crippen molar-refractivity contribution in [1.82, 2.24) is 19.8 Å². The lowest BCUT2D eigenvalue weighted by molar-refractivity contribution is -0.131. The van der Waals surface area contributed by atoms with E-state index >= 15 is 0 Å². The molecule has 0 radical (unpaired) electrons. The quantitative estimate of drug-likeness (QED) is 0.637. The van der Waals surface area contributed by atoms with Crippen molar-refractivity contribution in [2.45, 2.75) is 12.8 Å². The van der Waals surface area contributed by atoms with Crippen LogP contribution in [0.25, 0.3) is 0 Å². The Balaban J connectivity index is 1.26. The summed E-state index contributed by atoms with van der Waals surface area (Å²) in [7, 11) is 0. The highest BCUT2D eigenvalue weighted by molar-refractivity contribution is 9.10. The number of piperazine rings is 1. The molecule has 3 amide bonds.